The maximum Gasteiger partial charge on any atom is 0.294 e. The van der Waals surface area contributed by atoms with E-state index in [1.165, 1.54) is 31.7 Å². The fourth-order valence-corrected chi connectivity index (χ4v) is 2.81. The van der Waals surface area contributed by atoms with Gasteiger partial charge in [-0.1, -0.05) is 57.2 Å². The number of aryl methyl sites for hydroxylation is 1. The fourth-order valence-electron chi connectivity index (χ4n) is 2.06. The third-order valence-corrected chi connectivity index (χ3v) is 4.00. The second-order valence-corrected chi connectivity index (χ2v) is 5.99. The van der Waals surface area contributed by atoms with E-state index in [1.807, 2.05) is 0 Å². The first kappa shape index (κ1) is 19.5. The average molecular weight is 411 g/mol. The average Bonchev–Trinajstić information content (AvgIpc) is 2.33. The van der Waals surface area contributed by atoms with Crippen LogP contribution >= 0.6 is 0 Å². The Balaban J connectivity index is 0.00000324. The molecule has 0 saturated heterocycles. The van der Waals surface area contributed by atoms with E-state index < -0.39 is 10.1 Å². The fraction of sp³-hybridized carbons (Fsp3) is 0.571. The number of benzene rings is 1. The van der Waals surface area contributed by atoms with Crippen molar-refractivity contribution in [2.75, 3.05) is 0 Å². The van der Waals surface area contributed by atoms with Crippen LogP contribution in [-0.4, -0.2) is 13.0 Å². The van der Waals surface area contributed by atoms with E-state index in [2.05, 4.69) is 6.92 Å². The van der Waals surface area contributed by atoms with Crippen LogP contribution in [0.1, 0.15) is 51.0 Å². The van der Waals surface area contributed by atoms with Gasteiger partial charge in [-0.2, -0.15) is 8.42 Å². The first-order chi connectivity index (χ1) is 8.55. The summed E-state index contributed by atoms with van der Waals surface area (Å²) >= 11 is 0. The van der Waals surface area contributed by atoms with Crippen LogP contribution in [-0.2, 0) is 16.5 Å². The van der Waals surface area contributed by atoms with E-state index in [1.54, 1.807) is 18.2 Å². The second-order valence-electron chi connectivity index (χ2n) is 4.60. The molecular formula is C14H22CeO3S. The van der Waals surface area contributed by atoms with Gasteiger partial charge in [0.25, 0.3) is 10.1 Å². The normalized spacial score (nSPS) is 11.1. The zero-order valence-electron chi connectivity index (χ0n) is 11.4. The van der Waals surface area contributed by atoms with Gasteiger partial charge in [-0.05, 0) is 24.5 Å². The third kappa shape index (κ3) is 7.75. The van der Waals surface area contributed by atoms with Gasteiger partial charge >= 0.3 is 0 Å². The molecule has 0 amide bonds. The molecular weight excluding hydrogens is 388 g/mol. The Morgan fingerprint density at radius 1 is 1.00 bits per heavy atom. The number of hydrogen-bond acceptors (Lipinski definition) is 2. The Kier molecular flexibility index (Phi) is 10.5. The minimum absolute atomic E-state index is 0. The summed E-state index contributed by atoms with van der Waals surface area (Å²) in [5.74, 6) is 0. The van der Waals surface area contributed by atoms with Gasteiger partial charge in [-0.3, -0.25) is 4.55 Å². The van der Waals surface area contributed by atoms with E-state index in [0.717, 1.165) is 18.4 Å². The molecule has 0 aliphatic carbocycles. The molecule has 0 fully saturated rings. The molecule has 1 N–H and O–H groups in total. The van der Waals surface area contributed by atoms with E-state index in [4.69, 9.17) is 4.55 Å². The summed E-state index contributed by atoms with van der Waals surface area (Å²) in [5, 5.41) is 0. The Morgan fingerprint density at radius 3 is 2.21 bits per heavy atom. The summed E-state index contributed by atoms with van der Waals surface area (Å²) in [6.07, 6.45) is 7.73. The minimum atomic E-state index is -4.08. The van der Waals surface area contributed by atoms with Gasteiger partial charge in [-0.25, -0.2) is 0 Å². The number of unbranched alkanes of at least 4 members (excludes halogenated alkanes) is 5. The molecule has 0 heterocycles. The quantitative estimate of drug-likeness (QED) is 0.523. The van der Waals surface area contributed by atoms with Crippen molar-refractivity contribution in [3.05, 3.63) is 29.8 Å². The molecule has 1 aromatic rings. The molecule has 0 bridgehead atoms. The predicted octanol–water partition coefficient (Wildman–Crippen LogP) is 3.84. The van der Waals surface area contributed by atoms with Crippen LogP contribution in [0, 0.1) is 41.7 Å². The van der Waals surface area contributed by atoms with E-state index in [9.17, 15) is 8.42 Å². The van der Waals surface area contributed by atoms with Crippen molar-refractivity contribution in [3.8, 4) is 0 Å². The number of rotatable bonds is 8. The van der Waals surface area contributed by atoms with Crippen molar-refractivity contribution in [3.63, 3.8) is 0 Å². The summed E-state index contributed by atoms with van der Waals surface area (Å²) in [6.45, 7) is 2.18. The zero-order chi connectivity index (χ0) is 13.4. The van der Waals surface area contributed by atoms with Crippen molar-refractivity contribution in [2.45, 2.75) is 56.8 Å². The molecule has 0 spiro atoms. The molecule has 0 aromatic heterocycles. The SMILES string of the molecule is CCCCCCCCc1ccccc1S(=O)(=O)O.[Ce]. The van der Waals surface area contributed by atoms with E-state index in [-0.39, 0.29) is 46.6 Å². The van der Waals surface area contributed by atoms with Gasteiger partial charge in [-0.15, -0.1) is 0 Å². The van der Waals surface area contributed by atoms with Crippen LogP contribution < -0.4 is 0 Å². The van der Waals surface area contributed by atoms with Crippen molar-refractivity contribution < 1.29 is 54.7 Å². The summed E-state index contributed by atoms with van der Waals surface area (Å²) in [5.41, 5.74) is 0.718. The van der Waals surface area contributed by atoms with Gasteiger partial charge in [0.05, 0.1) is 4.90 Å². The first-order valence-corrected chi connectivity index (χ1v) is 8.05. The Hall–Kier alpha value is 0.507. The van der Waals surface area contributed by atoms with Crippen LogP contribution in [0.25, 0.3) is 0 Å². The van der Waals surface area contributed by atoms with Gasteiger partial charge in [0.1, 0.15) is 0 Å². The van der Waals surface area contributed by atoms with Crippen LogP contribution in [0.5, 0.6) is 0 Å². The van der Waals surface area contributed by atoms with Crippen LogP contribution in [0.2, 0.25) is 0 Å². The van der Waals surface area contributed by atoms with Gasteiger partial charge in [0, 0.05) is 41.7 Å². The standard InChI is InChI=1S/C14H22O3S.Ce/c1-2-3-4-5-6-7-10-13-11-8-9-12-14(13)18(15,16)17;/h8-9,11-12H,2-7,10H2,1H3,(H,15,16,17);. The first-order valence-electron chi connectivity index (χ1n) is 6.61. The van der Waals surface area contributed by atoms with Gasteiger partial charge in [0.15, 0.2) is 0 Å². The van der Waals surface area contributed by atoms with Crippen molar-refractivity contribution >= 4 is 10.1 Å². The monoisotopic (exact) mass is 410 g/mol. The minimum Gasteiger partial charge on any atom is -0.282 e. The molecule has 5 heteroatoms. The van der Waals surface area contributed by atoms with Gasteiger partial charge < -0.3 is 0 Å². The smallest absolute Gasteiger partial charge is 0.282 e. The van der Waals surface area contributed by atoms with E-state index >= 15 is 0 Å². The molecule has 1 aromatic carbocycles. The molecule has 0 saturated carbocycles. The molecule has 0 radical (unpaired) electrons. The van der Waals surface area contributed by atoms with E-state index in [0.29, 0.717) is 6.42 Å². The topological polar surface area (TPSA) is 54.4 Å². The van der Waals surface area contributed by atoms with Gasteiger partial charge in [0.2, 0.25) is 0 Å². The summed E-state index contributed by atoms with van der Waals surface area (Å²) < 4.78 is 31.5. The molecule has 0 unspecified atom stereocenters. The van der Waals surface area contributed by atoms with Crippen molar-refractivity contribution in [2.24, 2.45) is 0 Å². The molecule has 3 nitrogen and oxygen atoms in total. The summed E-state index contributed by atoms with van der Waals surface area (Å²) in [6, 6.07) is 6.67. The number of hydrogen-bond donors (Lipinski definition) is 1. The van der Waals surface area contributed by atoms with Crippen LogP contribution in [0.3, 0.4) is 0 Å². The Morgan fingerprint density at radius 2 is 1.58 bits per heavy atom. The molecule has 0 aliphatic rings. The molecule has 1 rings (SSSR count). The summed E-state index contributed by atoms with van der Waals surface area (Å²) in [4.78, 5) is 0.0542. The predicted molar refractivity (Wildman–Crippen MR) is 73.3 cm³/mol. The second kappa shape index (κ2) is 10.3. The van der Waals surface area contributed by atoms with Crippen molar-refractivity contribution in [1.82, 2.24) is 0 Å². The van der Waals surface area contributed by atoms with Crippen molar-refractivity contribution in [1.29, 1.82) is 0 Å². The Labute approximate surface area is 150 Å². The maximum absolute atomic E-state index is 11.2. The Bertz CT molecular complexity index is 458. The van der Waals surface area contributed by atoms with Crippen LogP contribution in [0.15, 0.2) is 29.2 Å². The molecule has 0 atom stereocenters. The zero-order valence-corrected chi connectivity index (χ0v) is 15.4. The molecule has 106 valence electrons. The molecule has 19 heavy (non-hydrogen) atoms. The molecule has 0 aliphatic heterocycles. The summed E-state index contributed by atoms with van der Waals surface area (Å²) in [7, 11) is -4.08. The third-order valence-electron chi connectivity index (χ3n) is 3.05. The largest absolute Gasteiger partial charge is 0.294 e. The van der Waals surface area contributed by atoms with Crippen LogP contribution in [0.4, 0.5) is 0 Å². The maximum atomic E-state index is 11.2.